The summed E-state index contributed by atoms with van der Waals surface area (Å²) in [6.45, 7) is 0.938. The highest BCUT2D eigenvalue weighted by molar-refractivity contribution is 5.60. The number of hydrogen-bond donors (Lipinski definition) is 1. The molecular formula is C14H17N3. The molecule has 3 nitrogen and oxygen atoms in total. The van der Waals surface area contributed by atoms with Crippen molar-refractivity contribution in [2.75, 3.05) is 0 Å². The normalized spacial score (nSPS) is 15.1. The summed E-state index contributed by atoms with van der Waals surface area (Å²) >= 11 is 0. The highest BCUT2D eigenvalue weighted by Crippen LogP contribution is 2.24. The van der Waals surface area contributed by atoms with Gasteiger partial charge in [-0.05, 0) is 18.4 Å². The van der Waals surface area contributed by atoms with E-state index in [0.717, 1.165) is 18.4 Å². The zero-order valence-corrected chi connectivity index (χ0v) is 10.1. The second kappa shape index (κ2) is 4.34. The summed E-state index contributed by atoms with van der Waals surface area (Å²) in [5.74, 6) is 1.04. The van der Waals surface area contributed by atoms with Gasteiger partial charge in [0.15, 0.2) is 0 Å². The molecule has 1 aromatic heterocycles. The lowest BCUT2D eigenvalue weighted by Gasteiger charge is -2.10. The fraction of sp³-hybridized carbons (Fsp3) is 0.357. The second-order valence-corrected chi connectivity index (χ2v) is 4.67. The molecule has 17 heavy (non-hydrogen) atoms. The topological polar surface area (TPSA) is 29.9 Å². The number of nitrogens with zero attached hydrogens (tertiary/aromatic N) is 2. The van der Waals surface area contributed by atoms with Crippen LogP contribution in [-0.4, -0.2) is 15.6 Å². The minimum Gasteiger partial charge on any atom is -0.334 e. The fourth-order valence-corrected chi connectivity index (χ4v) is 2.06. The predicted octanol–water partition coefficient (Wildman–Crippen LogP) is 2.34. The first-order valence-corrected chi connectivity index (χ1v) is 6.13. The summed E-state index contributed by atoms with van der Waals surface area (Å²) in [5.41, 5.74) is 2.56. The third-order valence-corrected chi connectivity index (χ3v) is 3.24. The van der Waals surface area contributed by atoms with E-state index in [-0.39, 0.29) is 0 Å². The summed E-state index contributed by atoms with van der Waals surface area (Å²) in [4.78, 5) is 4.42. The quantitative estimate of drug-likeness (QED) is 0.869. The Kier molecular flexibility index (Phi) is 2.69. The largest absolute Gasteiger partial charge is 0.334 e. The number of hydrogen-bond acceptors (Lipinski definition) is 2. The molecule has 1 aromatic carbocycles. The lowest BCUT2D eigenvalue weighted by molar-refractivity contribution is 0.688. The molecule has 3 heteroatoms. The lowest BCUT2D eigenvalue weighted by Crippen LogP contribution is -2.16. The van der Waals surface area contributed by atoms with Crippen molar-refractivity contribution in [3.8, 4) is 11.4 Å². The Hall–Kier alpha value is -1.61. The number of imidazole rings is 1. The molecule has 0 amide bonds. The first-order chi connectivity index (χ1) is 8.34. The number of aromatic nitrogens is 2. The molecule has 0 unspecified atom stereocenters. The molecular weight excluding hydrogens is 210 g/mol. The van der Waals surface area contributed by atoms with Crippen molar-refractivity contribution in [2.45, 2.75) is 25.4 Å². The van der Waals surface area contributed by atoms with Gasteiger partial charge in [-0.25, -0.2) is 4.98 Å². The third kappa shape index (κ3) is 2.24. The maximum Gasteiger partial charge on any atom is 0.139 e. The minimum absolute atomic E-state index is 0.740. The van der Waals surface area contributed by atoms with Gasteiger partial charge in [0.1, 0.15) is 5.82 Å². The van der Waals surface area contributed by atoms with Crippen molar-refractivity contribution < 1.29 is 0 Å². The molecule has 0 atom stereocenters. The molecule has 3 rings (SSSR count). The minimum atomic E-state index is 0.740. The molecule has 0 radical (unpaired) electrons. The Morgan fingerprint density at radius 1 is 1.35 bits per heavy atom. The molecule has 1 saturated carbocycles. The number of rotatable bonds is 4. The van der Waals surface area contributed by atoms with Gasteiger partial charge in [-0.3, -0.25) is 0 Å². The van der Waals surface area contributed by atoms with Crippen LogP contribution in [0.2, 0.25) is 0 Å². The zero-order valence-electron chi connectivity index (χ0n) is 10.1. The molecule has 1 N–H and O–H groups in total. The van der Waals surface area contributed by atoms with Crippen LogP contribution in [0.4, 0.5) is 0 Å². The first kappa shape index (κ1) is 10.5. The predicted molar refractivity (Wildman–Crippen MR) is 68.5 cm³/mol. The van der Waals surface area contributed by atoms with Crippen LogP contribution in [0.15, 0.2) is 36.7 Å². The summed E-state index contributed by atoms with van der Waals surface area (Å²) in [6.07, 6.45) is 6.48. The van der Waals surface area contributed by atoms with E-state index >= 15 is 0 Å². The number of nitrogens with one attached hydrogen (secondary N) is 1. The van der Waals surface area contributed by atoms with Crippen LogP contribution < -0.4 is 5.32 Å². The third-order valence-electron chi connectivity index (χ3n) is 3.24. The van der Waals surface area contributed by atoms with E-state index in [1.807, 2.05) is 19.4 Å². The van der Waals surface area contributed by atoms with Gasteiger partial charge in [0, 0.05) is 37.6 Å². The maximum atomic E-state index is 4.42. The van der Waals surface area contributed by atoms with Gasteiger partial charge in [0.25, 0.3) is 0 Å². The van der Waals surface area contributed by atoms with Crippen LogP contribution in [-0.2, 0) is 13.6 Å². The van der Waals surface area contributed by atoms with Crippen LogP contribution in [0, 0.1) is 0 Å². The van der Waals surface area contributed by atoms with E-state index in [0.29, 0.717) is 0 Å². The van der Waals surface area contributed by atoms with Crippen LogP contribution in [0.25, 0.3) is 11.4 Å². The van der Waals surface area contributed by atoms with E-state index in [1.54, 1.807) is 0 Å². The van der Waals surface area contributed by atoms with E-state index in [9.17, 15) is 0 Å². The van der Waals surface area contributed by atoms with Crippen molar-refractivity contribution in [3.05, 3.63) is 42.2 Å². The van der Waals surface area contributed by atoms with Gasteiger partial charge in [-0.15, -0.1) is 0 Å². The van der Waals surface area contributed by atoms with E-state index < -0.39 is 0 Å². The SMILES string of the molecule is Cn1ccnc1-c1ccccc1CNC1CC1. The molecule has 1 fully saturated rings. The molecule has 1 heterocycles. The Balaban J connectivity index is 1.89. The summed E-state index contributed by atoms with van der Waals surface area (Å²) in [6, 6.07) is 9.23. The Morgan fingerprint density at radius 2 is 2.18 bits per heavy atom. The van der Waals surface area contributed by atoms with Crippen molar-refractivity contribution in [3.63, 3.8) is 0 Å². The van der Waals surface area contributed by atoms with Gasteiger partial charge in [0.2, 0.25) is 0 Å². The van der Waals surface area contributed by atoms with Crippen molar-refractivity contribution in [2.24, 2.45) is 7.05 Å². The average Bonchev–Trinajstić information content (AvgIpc) is 3.09. The summed E-state index contributed by atoms with van der Waals surface area (Å²) < 4.78 is 2.07. The molecule has 0 bridgehead atoms. The van der Waals surface area contributed by atoms with Gasteiger partial charge in [0.05, 0.1) is 0 Å². The van der Waals surface area contributed by atoms with Gasteiger partial charge in [-0.1, -0.05) is 24.3 Å². The Labute approximate surface area is 101 Å². The van der Waals surface area contributed by atoms with Crippen LogP contribution in [0.5, 0.6) is 0 Å². The fourth-order valence-electron chi connectivity index (χ4n) is 2.06. The van der Waals surface area contributed by atoms with Crippen LogP contribution in [0.1, 0.15) is 18.4 Å². The highest BCUT2D eigenvalue weighted by atomic mass is 15.0. The molecule has 0 saturated heterocycles. The average molecular weight is 227 g/mol. The van der Waals surface area contributed by atoms with Crippen LogP contribution in [0.3, 0.4) is 0 Å². The Morgan fingerprint density at radius 3 is 2.88 bits per heavy atom. The molecule has 88 valence electrons. The van der Waals surface area contributed by atoms with E-state index in [2.05, 4.69) is 39.1 Å². The maximum absolute atomic E-state index is 4.42. The monoisotopic (exact) mass is 227 g/mol. The van der Waals surface area contributed by atoms with Gasteiger partial charge >= 0.3 is 0 Å². The molecule has 1 aliphatic rings. The number of aryl methyl sites for hydroxylation is 1. The molecule has 0 aliphatic heterocycles. The smallest absolute Gasteiger partial charge is 0.139 e. The van der Waals surface area contributed by atoms with Crippen molar-refractivity contribution >= 4 is 0 Å². The van der Waals surface area contributed by atoms with Gasteiger partial charge in [-0.2, -0.15) is 0 Å². The van der Waals surface area contributed by atoms with Gasteiger partial charge < -0.3 is 9.88 Å². The molecule has 2 aromatic rings. The first-order valence-electron chi connectivity index (χ1n) is 6.13. The van der Waals surface area contributed by atoms with Crippen molar-refractivity contribution in [1.82, 2.24) is 14.9 Å². The lowest BCUT2D eigenvalue weighted by atomic mass is 10.1. The highest BCUT2D eigenvalue weighted by Gasteiger charge is 2.20. The Bertz CT molecular complexity index is 512. The van der Waals surface area contributed by atoms with E-state index in [4.69, 9.17) is 0 Å². The van der Waals surface area contributed by atoms with Crippen LogP contribution >= 0.6 is 0 Å². The standard InChI is InChI=1S/C14H17N3/c1-17-9-8-15-14(17)13-5-3-2-4-11(13)10-16-12-6-7-12/h2-5,8-9,12,16H,6-7,10H2,1H3. The van der Waals surface area contributed by atoms with E-state index in [1.165, 1.54) is 24.0 Å². The summed E-state index contributed by atoms with van der Waals surface area (Å²) in [5, 5.41) is 3.56. The second-order valence-electron chi connectivity index (χ2n) is 4.67. The summed E-state index contributed by atoms with van der Waals surface area (Å²) in [7, 11) is 2.04. The van der Waals surface area contributed by atoms with Crippen molar-refractivity contribution in [1.29, 1.82) is 0 Å². The zero-order chi connectivity index (χ0) is 11.7. The number of benzene rings is 1. The molecule has 1 aliphatic carbocycles. The molecule has 0 spiro atoms.